The molecule has 1 atom stereocenters. The fourth-order valence-electron chi connectivity index (χ4n) is 1.91. The van der Waals surface area contributed by atoms with E-state index in [1.807, 2.05) is 0 Å². The van der Waals surface area contributed by atoms with Crippen molar-refractivity contribution in [1.82, 2.24) is 0 Å². The van der Waals surface area contributed by atoms with Gasteiger partial charge in [-0.1, -0.05) is 6.08 Å². The Morgan fingerprint density at radius 3 is 2.67 bits per heavy atom. The summed E-state index contributed by atoms with van der Waals surface area (Å²) in [6.07, 6.45) is 5.88. The highest BCUT2D eigenvalue weighted by molar-refractivity contribution is 5.99. The minimum atomic E-state index is -0.210. The molecule has 2 rings (SSSR count). The van der Waals surface area contributed by atoms with Crippen molar-refractivity contribution in [3.05, 3.63) is 47.7 Å². The Hall–Kier alpha value is -2.23. The second kappa shape index (κ2) is 4.96. The van der Waals surface area contributed by atoms with Gasteiger partial charge in [0.25, 0.3) is 0 Å². The summed E-state index contributed by atoms with van der Waals surface area (Å²) >= 11 is 0. The number of aromatic hydroxyl groups is 2. The normalized spacial score (nSPS) is 18.4. The van der Waals surface area contributed by atoms with Gasteiger partial charge in [0.15, 0.2) is 5.78 Å². The number of phenolic OH excluding ortho intramolecular Hbond substituents is 2. The molecule has 18 heavy (non-hydrogen) atoms. The van der Waals surface area contributed by atoms with Gasteiger partial charge in [-0.3, -0.25) is 4.79 Å². The zero-order valence-corrected chi connectivity index (χ0v) is 9.71. The molecule has 1 aliphatic rings. The van der Waals surface area contributed by atoms with Crippen LogP contribution in [0.25, 0.3) is 0 Å². The largest absolute Gasteiger partial charge is 0.508 e. The molecule has 1 aromatic carbocycles. The summed E-state index contributed by atoms with van der Waals surface area (Å²) in [6, 6.07) is 3.93. The topological polar surface area (TPSA) is 77.8 Å². The zero-order chi connectivity index (χ0) is 13.1. The van der Waals surface area contributed by atoms with E-state index in [4.69, 9.17) is 5.11 Å². The van der Waals surface area contributed by atoms with E-state index in [9.17, 15) is 15.0 Å². The van der Waals surface area contributed by atoms with Crippen LogP contribution >= 0.6 is 0 Å². The number of aliphatic hydroxyl groups is 1. The Bertz CT molecular complexity index is 529. The fraction of sp³-hybridized carbons (Fsp3) is 0.214. The summed E-state index contributed by atoms with van der Waals surface area (Å²) in [5, 5.41) is 27.9. The van der Waals surface area contributed by atoms with Gasteiger partial charge in [0.1, 0.15) is 17.3 Å². The van der Waals surface area contributed by atoms with E-state index < -0.39 is 0 Å². The number of phenols is 2. The first kappa shape index (κ1) is 12.2. The van der Waals surface area contributed by atoms with Crippen molar-refractivity contribution in [3.8, 4) is 11.5 Å². The maximum atomic E-state index is 12.0. The Balaban J connectivity index is 2.06. The quantitative estimate of drug-likeness (QED) is 0.716. The minimum absolute atomic E-state index is 0.0293. The summed E-state index contributed by atoms with van der Waals surface area (Å²) in [7, 11) is 0. The molecule has 0 spiro atoms. The van der Waals surface area contributed by atoms with E-state index in [2.05, 4.69) is 0 Å². The highest BCUT2D eigenvalue weighted by atomic mass is 16.3. The first-order valence-corrected chi connectivity index (χ1v) is 5.69. The number of carbonyl (C=O) groups is 1. The van der Waals surface area contributed by atoms with E-state index in [1.165, 1.54) is 12.1 Å². The second-order valence-corrected chi connectivity index (χ2v) is 4.31. The SMILES string of the molecule is O=C(CC1C=CC(O)=CC1)c1ccc(O)cc1O. The highest BCUT2D eigenvalue weighted by Crippen LogP contribution is 2.26. The lowest BCUT2D eigenvalue weighted by Gasteiger charge is -2.13. The lowest BCUT2D eigenvalue weighted by Crippen LogP contribution is -2.08. The summed E-state index contributed by atoms with van der Waals surface area (Å²) in [6.45, 7) is 0. The van der Waals surface area contributed by atoms with Crippen molar-refractivity contribution in [3.63, 3.8) is 0 Å². The lowest BCUT2D eigenvalue weighted by atomic mass is 9.92. The number of aliphatic hydroxyl groups excluding tert-OH is 1. The van der Waals surface area contributed by atoms with Crippen LogP contribution in [0.5, 0.6) is 11.5 Å². The van der Waals surface area contributed by atoms with Crippen molar-refractivity contribution in [2.75, 3.05) is 0 Å². The first-order chi connectivity index (χ1) is 8.56. The average Bonchev–Trinajstić information content (AvgIpc) is 2.32. The van der Waals surface area contributed by atoms with Crippen LogP contribution in [0.15, 0.2) is 42.2 Å². The standard InChI is InChI=1S/C14H14O4/c15-10-3-1-9(2-4-10)7-13(17)12-6-5-11(16)8-14(12)18/h1,3-6,8-9,15-16,18H,2,7H2. The molecule has 0 saturated carbocycles. The molecule has 3 N–H and O–H groups in total. The highest BCUT2D eigenvalue weighted by Gasteiger charge is 2.17. The van der Waals surface area contributed by atoms with Gasteiger partial charge in [-0.25, -0.2) is 0 Å². The van der Waals surface area contributed by atoms with Crippen LogP contribution in [0.3, 0.4) is 0 Å². The van der Waals surface area contributed by atoms with Gasteiger partial charge >= 0.3 is 0 Å². The van der Waals surface area contributed by atoms with Gasteiger partial charge in [-0.05, 0) is 36.6 Å². The predicted octanol–water partition coefficient (Wildman–Crippen LogP) is 2.69. The molecule has 4 nitrogen and oxygen atoms in total. The van der Waals surface area contributed by atoms with Crippen molar-refractivity contribution in [1.29, 1.82) is 0 Å². The second-order valence-electron chi connectivity index (χ2n) is 4.31. The fourth-order valence-corrected chi connectivity index (χ4v) is 1.91. The van der Waals surface area contributed by atoms with Gasteiger partial charge in [0.2, 0.25) is 0 Å². The molecular weight excluding hydrogens is 232 g/mol. The van der Waals surface area contributed by atoms with Crippen molar-refractivity contribution in [2.24, 2.45) is 5.92 Å². The van der Waals surface area contributed by atoms with E-state index in [0.29, 0.717) is 6.42 Å². The minimum Gasteiger partial charge on any atom is -0.508 e. The summed E-state index contributed by atoms with van der Waals surface area (Å²) in [5.41, 5.74) is 0.208. The summed E-state index contributed by atoms with van der Waals surface area (Å²) < 4.78 is 0. The Labute approximate surface area is 105 Å². The van der Waals surface area contributed by atoms with Gasteiger partial charge in [0, 0.05) is 12.5 Å². The molecule has 1 aromatic rings. The number of Topliss-reactive ketones (excluding diaryl/α,β-unsaturated/α-hetero) is 1. The first-order valence-electron chi connectivity index (χ1n) is 5.69. The van der Waals surface area contributed by atoms with E-state index in [0.717, 1.165) is 6.07 Å². The molecule has 4 heteroatoms. The molecule has 0 bridgehead atoms. The molecule has 1 unspecified atom stereocenters. The summed E-state index contributed by atoms with van der Waals surface area (Å²) in [4.78, 5) is 12.0. The van der Waals surface area contributed by atoms with Crippen LogP contribution in [-0.4, -0.2) is 21.1 Å². The van der Waals surface area contributed by atoms with Crippen LogP contribution in [0.1, 0.15) is 23.2 Å². The van der Waals surface area contributed by atoms with Crippen LogP contribution in [-0.2, 0) is 0 Å². The molecule has 0 saturated heterocycles. The average molecular weight is 246 g/mol. The van der Waals surface area contributed by atoms with Gasteiger partial charge in [-0.15, -0.1) is 0 Å². The van der Waals surface area contributed by atoms with Gasteiger partial charge in [-0.2, -0.15) is 0 Å². The number of benzene rings is 1. The number of hydrogen-bond acceptors (Lipinski definition) is 4. The third-order valence-electron chi connectivity index (χ3n) is 2.90. The lowest BCUT2D eigenvalue weighted by molar-refractivity contribution is 0.0966. The van der Waals surface area contributed by atoms with Crippen LogP contribution in [0, 0.1) is 5.92 Å². The Morgan fingerprint density at radius 2 is 2.06 bits per heavy atom. The van der Waals surface area contributed by atoms with E-state index >= 15 is 0 Å². The predicted molar refractivity (Wildman–Crippen MR) is 66.7 cm³/mol. The molecule has 0 heterocycles. The Morgan fingerprint density at radius 1 is 1.28 bits per heavy atom. The maximum Gasteiger partial charge on any atom is 0.167 e. The van der Waals surface area contributed by atoms with E-state index in [-0.39, 0.29) is 40.9 Å². The monoisotopic (exact) mass is 246 g/mol. The number of ketones is 1. The molecule has 0 radical (unpaired) electrons. The Kier molecular flexibility index (Phi) is 3.37. The number of hydrogen-bond donors (Lipinski definition) is 3. The molecule has 1 aliphatic carbocycles. The number of carbonyl (C=O) groups excluding carboxylic acids is 1. The molecule has 0 aliphatic heterocycles. The van der Waals surface area contributed by atoms with Gasteiger partial charge < -0.3 is 15.3 Å². The molecule has 0 aromatic heterocycles. The van der Waals surface area contributed by atoms with Crippen molar-refractivity contribution < 1.29 is 20.1 Å². The smallest absolute Gasteiger partial charge is 0.167 e. The maximum absolute atomic E-state index is 12.0. The molecule has 0 fully saturated rings. The van der Waals surface area contributed by atoms with Crippen LogP contribution in [0.2, 0.25) is 0 Å². The van der Waals surface area contributed by atoms with Crippen molar-refractivity contribution in [2.45, 2.75) is 12.8 Å². The van der Waals surface area contributed by atoms with Crippen molar-refractivity contribution >= 4 is 5.78 Å². The van der Waals surface area contributed by atoms with Gasteiger partial charge in [0.05, 0.1) is 5.56 Å². The summed E-state index contributed by atoms with van der Waals surface area (Å²) in [5.74, 6) is -0.225. The molecular formula is C14H14O4. The zero-order valence-electron chi connectivity index (χ0n) is 9.71. The molecule has 0 amide bonds. The molecule has 94 valence electrons. The van der Waals surface area contributed by atoms with Crippen LogP contribution in [0.4, 0.5) is 0 Å². The van der Waals surface area contributed by atoms with E-state index in [1.54, 1.807) is 18.2 Å². The number of allylic oxidation sites excluding steroid dienone is 3. The van der Waals surface area contributed by atoms with Crippen LogP contribution < -0.4 is 0 Å². The third kappa shape index (κ3) is 2.71. The third-order valence-corrected chi connectivity index (χ3v) is 2.90. The number of rotatable bonds is 3.